The van der Waals surface area contributed by atoms with Crippen molar-refractivity contribution in [2.24, 2.45) is 0 Å². The molecule has 0 spiro atoms. The number of hydrogen-bond donors (Lipinski definition) is 0. The summed E-state index contributed by atoms with van der Waals surface area (Å²) < 4.78 is 16.3. The van der Waals surface area contributed by atoms with Crippen molar-refractivity contribution in [1.29, 1.82) is 0 Å². The molecule has 8 heteroatoms. The maximum atomic E-state index is 13.0. The number of rotatable bonds is 8. The Labute approximate surface area is 213 Å². The molecule has 0 saturated heterocycles. The number of fused-ring (bicyclic) bond motifs is 2. The average Bonchev–Trinajstić information content (AvgIpc) is 3.07. The molecule has 0 radical (unpaired) electrons. The summed E-state index contributed by atoms with van der Waals surface area (Å²) in [4.78, 5) is 30.5. The topological polar surface area (TPSA) is 71.5 Å². The monoisotopic (exact) mass is 495 g/mol. The van der Waals surface area contributed by atoms with Crippen molar-refractivity contribution in [3.63, 3.8) is 0 Å². The van der Waals surface area contributed by atoms with Crippen LogP contribution in [-0.2, 0) is 24.1 Å². The van der Waals surface area contributed by atoms with E-state index in [1.54, 1.807) is 28.3 Å². The van der Waals surface area contributed by atoms with E-state index in [9.17, 15) is 9.59 Å². The smallest absolute Gasteiger partial charge is 0.414 e. The molecule has 0 aromatic heterocycles. The summed E-state index contributed by atoms with van der Waals surface area (Å²) in [5.74, 6) is 2.63. The third kappa shape index (κ3) is 5.75. The summed E-state index contributed by atoms with van der Waals surface area (Å²) in [6, 6.07) is 9.95. The van der Waals surface area contributed by atoms with Crippen LogP contribution in [0, 0.1) is 0 Å². The Morgan fingerprint density at radius 3 is 2.17 bits per heavy atom. The minimum Gasteiger partial charge on any atom is -0.493 e. The van der Waals surface area contributed by atoms with Gasteiger partial charge in [0.1, 0.15) is 5.75 Å². The van der Waals surface area contributed by atoms with E-state index in [2.05, 4.69) is 11.9 Å². The van der Waals surface area contributed by atoms with E-state index in [-0.39, 0.29) is 12.0 Å². The molecular formula is C28H37N3O5. The number of ether oxygens (including phenoxy) is 3. The first-order chi connectivity index (χ1) is 17.3. The van der Waals surface area contributed by atoms with E-state index >= 15 is 0 Å². The Kier molecular flexibility index (Phi) is 8.04. The molecule has 2 aromatic carbocycles. The third-order valence-corrected chi connectivity index (χ3v) is 7.19. The normalized spacial score (nSPS) is 16.4. The van der Waals surface area contributed by atoms with E-state index in [1.807, 2.05) is 35.2 Å². The maximum absolute atomic E-state index is 13.0. The predicted octanol–water partition coefficient (Wildman–Crippen LogP) is 3.35. The largest absolute Gasteiger partial charge is 0.493 e. The van der Waals surface area contributed by atoms with E-state index in [4.69, 9.17) is 14.2 Å². The van der Waals surface area contributed by atoms with Crippen LogP contribution in [0.5, 0.6) is 17.2 Å². The van der Waals surface area contributed by atoms with Gasteiger partial charge in [0, 0.05) is 52.6 Å². The van der Waals surface area contributed by atoms with Crippen molar-refractivity contribution in [3.05, 3.63) is 52.6 Å². The van der Waals surface area contributed by atoms with Crippen molar-refractivity contribution < 1.29 is 23.8 Å². The quantitative estimate of drug-likeness (QED) is 0.559. The Bertz CT molecular complexity index is 1080. The van der Waals surface area contributed by atoms with Gasteiger partial charge < -0.3 is 28.9 Å². The second-order valence-corrected chi connectivity index (χ2v) is 9.89. The van der Waals surface area contributed by atoms with Gasteiger partial charge in [-0.2, -0.15) is 0 Å². The summed E-state index contributed by atoms with van der Waals surface area (Å²) in [6.45, 7) is 3.02. The summed E-state index contributed by atoms with van der Waals surface area (Å²) in [5.41, 5.74) is 4.97. The lowest BCUT2D eigenvalue weighted by Gasteiger charge is -2.34. The van der Waals surface area contributed by atoms with E-state index in [1.165, 1.54) is 27.2 Å². The Balaban J connectivity index is 1.27. The highest BCUT2D eigenvalue weighted by atomic mass is 16.6. The van der Waals surface area contributed by atoms with Crippen molar-refractivity contribution in [2.75, 3.05) is 61.5 Å². The number of nitrogens with zero attached hydrogens (tertiary/aromatic N) is 3. The fourth-order valence-corrected chi connectivity index (χ4v) is 5.01. The van der Waals surface area contributed by atoms with Crippen molar-refractivity contribution in [3.8, 4) is 17.2 Å². The molecule has 2 aromatic rings. The van der Waals surface area contributed by atoms with Crippen LogP contribution in [0.3, 0.4) is 0 Å². The molecule has 1 aliphatic heterocycles. The highest BCUT2D eigenvalue weighted by Crippen LogP contribution is 2.38. The lowest BCUT2D eigenvalue weighted by molar-refractivity contribution is -0.131. The second kappa shape index (κ2) is 11.2. The van der Waals surface area contributed by atoms with Crippen LogP contribution in [-0.4, -0.2) is 88.2 Å². The van der Waals surface area contributed by atoms with Gasteiger partial charge in [-0.25, -0.2) is 4.79 Å². The van der Waals surface area contributed by atoms with E-state index in [0.717, 1.165) is 50.4 Å². The number of likely N-dealkylation sites (N-methyl/N-ethyl adjacent to an activating group) is 1. The molecule has 36 heavy (non-hydrogen) atoms. The van der Waals surface area contributed by atoms with Crippen LogP contribution in [0.15, 0.2) is 30.3 Å². The molecule has 8 nitrogen and oxygen atoms in total. The van der Waals surface area contributed by atoms with Gasteiger partial charge >= 0.3 is 6.09 Å². The molecule has 1 unspecified atom stereocenters. The first-order valence-electron chi connectivity index (χ1n) is 12.5. The van der Waals surface area contributed by atoms with Crippen LogP contribution >= 0.6 is 0 Å². The maximum Gasteiger partial charge on any atom is 0.414 e. The number of carbonyl (C=O) groups excluding carboxylic acids is 2. The van der Waals surface area contributed by atoms with Gasteiger partial charge in [-0.1, -0.05) is 6.07 Å². The molecule has 2 aliphatic rings. The lowest BCUT2D eigenvalue weighted by Crippen LogP contribution is -2.37. The molecule has 1 aliphatic carbocycles. The molecule has 4 rings (SSSR count). The van der Waals surface area contributed by atoms with Crippen LogP contribution < -0.4 is 14.2 Å². The highest BCUT2D eigenvalue weighted by Gasteiger charge is 2.28. The van der Waals surface area contributed by atoms with Gasteiger partial charge in [-0.3, -0.25) is 4.79 Å². The van der Waals surface area contributed by atoms with Gasteiger partial charge in [-0.05, 0) is 72.8 Å². The number of hydrogen-bond acceptors (Lipinski definition) is 6. The summed E-state index contributed by atoms with van der Waals surface area (Å²) in [6.07, 6.45) is 2.76. The molecule has 1 atom stereocenters. The molecule has 0 bridgehead atoms. The zero-order chi connectivity index (χ0) is 25.8. The van der Waals surface area contributed by atoms with Gasteiger partial charge in [0.25, 0.3) is 0 Å². The van der Waals surface area contributed by atoms with Crippen molar-refractivity contribution >= 4 is 12.0 Å². The van der Waals surface area contributed by atoms with E-state index < -0.39 is 0 Å². The first-order valence-corrected chi connectivity index (χ1v) is 12.5. The first kappa shape index (κ1) is 25.8. The molecule has 1 heterocycles. The summed E-state index contributed by atoms with van der Waals surface area (Å²) in [7, 11) is 8.70. The molecule has 2 amide bonds. The molecule has 0 fully saturated rings. The third-order valence-electron chi connectivity index (χ3n) is 7.19. The number of methoxy groups -OCH3 is 2. The molecule has 194 valence electrons. The van der Waals surface area contributed by atoms with Crippen molar-refractivity contribution in [1.82, 2.24) is 14.7 Å². The fourth-order valence-electron chi connectivity index (χ4n) is 5.01. The van der Waals surface area contributed by atoms with Crippen LogP contribution in [0.1, 0.15) is 34.6 Å². The SMILES string of the molecule is COc1cc2c(cc1OC)CCN(C(=O)CCN(C)CC1Cc3ccc(OC(=O)N(C)C)cc31)CC2. The number of carbonyl (C=O) groups is 2. The lowest BCUT2D eigenvalue weighted by atomic mass is 9.77. The minimum absolute atomic E-state index is 0.195. The fraction of sp³-hybridized carbons (Fsp3) is 0.500. The van der Waals surface area contributed by atoms with Crippen LogP contribution in [0.2, 0.25) is 0 Å². The zero-order valence-electron chi connectivity index (χ0n) is 22.0. The van der Waals surface area contributed by atoms with Gasteiger partial charge in [-0.15, -0.1) is 0 Å². The summed E-state index contributed by atoms with van der Waals surface area (Å²) in [5, 5.41) is 0. The average molecular weight is 496 g/mol. The summed E-state index contributed by atoms with van der Waals surface area (Å²) >= 11 is 0. The standard InChI is InChI=1S/C28H37N3O5/c1-29(2)28(33)36-23-7-6-21-14-22(24(21)17-23)18-30(3)11-10-27(32)31-12-8-19-15-25(34-4)26(35-5)16-20(19)9-13-31/h6-7,15-17,22H,8-14,18H2,1-5H3. The zero-order valence-corrected chi connectivity index (χ0v) is 22.0. The highest BCUT2D eigenvalue weighted by molar-refractivity contribution is 5.76. The Morgan fingerprint density at radius 2 is 1.58 bits per heavy atom. The van der Waals surface area contributed by atoms with Gasteiger partial charge in [0.2, 0.25) is 5.91 Å². The minimum atomic E-state index is -0.378. The second-order valence-electron chi connectivity index (χ2n) is 9.89. The molecule has 0 saturated carbocycles. The predicted molar refractivity (Wildman–Crippen MR) is 138 cm³/mol. The van der Waals surface area contributed by atoms with Gasteiger partial charge in [0.05, 0.1) is 14.2 Å². The van der Waals surface area contributed by atoms with Crippen LogP contribution in [0.25, 0.3) is 0 Å². The number of amides is 2. The van der Waals surface area contributed by atoms with E-state index in [0.29, 0.717) is 24.6 Å². The van der Waals surface area contributed by atoms with Gasteiger partial charge in [0.15, 0.2) is 11.5 Å². The van der Waals surface area contributed by atoms with Crippen molar-refractivity contribution in [2.45, 2.75) is 31.6 Å². The molecular weight excluding hydrogens is 458 g/mol. The number of benzene rings is 2. The molecule has 0 N–H and O–H groups in total. The Morgan fingerprint density at radius 1 is 0.944 bits per heavy atom. The Hall–Kier alpha value is -3.26. The van der Waals surface area contributed by atoms with Crippen LogP contribution in [0.4, 0.5) is 4.79 Å².